The first-order valence-corrected chi connectivity index (χ1v) is 10.0. The Morgan fingerprint density at radius 2 is 2.00 bits per heavy atom. The number of hydrogen-bond donors (Lipinski definition) is 3. The van der Waals surface area contributed by atoms with Gasteiger partial charge in [-0.2, -0.15) is 0 Å². The predicted molar refractivity (Wildman–Crippen MR) is 111 cm³/mol. The fourth-order valence-electron chi connectivity index (χ4n) is 2.66. The Labute approximate surface area is 168 Å². The zero-order valence-electron chi connectivity index (χ0n) is 15.2. The van der Waals surface area contributed by atoms with Gasteiger partial charge in [0, 0.05) is 19.6 Å². The van der Waals surface area contributed by atoms with Crippen LogP contribution in [0.15, 0.2) is 30.3 Å². The molecule has 27 heavy (non-hydrogen) atoms. The maximum Gasteiger partial charge on any atom is 0.281 e. The van der Waals surface area contributed by atoms with Gasteiger partial charge in [0.05, 0.1) is 18.9 Å². The van der Waals surface area contributed by atoms with Gasteiger partial charge >= 0.3 is 0 Å². The van der Waals surface area contributed by atoms with E-state index in [-0.39, 0.29) is 5.91 Å². The topological polar surface area (TPSA) is 78.5 Å². The molecule has 1 aliphatic heterocycles. The standard InChI is InChI=1S/C18H23N5O2S2/c1-13-15(27-18(20-13)23-9-11-25-12-10-23)16(24)21-22-17(26)19-8-7-14-5-3-2-4-6-14/h2-6H,7-12H2,1H3,(H,21,24)(H2,19,22,26). The molecule has 3 N–H and O–H groups in total. The number of hydrogen-bond acceptors (Lipinski definition) is 6. The molecule has 1 aliphatic rings. The van der Waals surface area contributed by atoms with Gasteiger partial charge in [-0.3, -0.25) is 15.6 Å². The number of thiazole rings is 1. The van der Waals surface area contributed by atoms with Crippen LogP contribution in [0.2, 0.25) is 0 Å². The molecule has 1 aromatic carbocycles. The van der Waals surface area contributed by atoms with Crippen LogP contribution in [0.5, 0.6) is 0 Å². The van der Waals surface area contributed by atoms with Crippen LogP contribution < -0.4 is 21.1 Å². The highest BCUT2D eigenvalue weighted by Crippen LogP contribution is 2.26. The maximum atomic E-state index is 12.4. The number of hydrazine groups is 1. The van der Waals surface area contributed by atoms with Crippen LogP contribution in [-0.4, -0.2) is 48.9 Å². The maximum absolute atomic E-state index is 12.4. The van der Waals surface area contributed by atoms with E-state index in [4.69, 9.17) is 17.0 Å². The average molecular weight is 406 g/mol. The molecule has 1 fully saturated rings. The molecule has 1 amide bonds. The van der Waals surface area contributed by atoms with Gasteiger partial charge in [-0.15, -0.1) is 0 Å². The van der Waals surface area contributed by atoms with Crippen LogP contribution in [0.3, 0.4) is 0 Å². The molecular formula is C18H23N5O2S2. The number of carbonyl (C=O) groups is 1. The van der Waals surface area contributed by atoms with Crippen molar-refractivity contribution < 1.29 is 9.53 Å². The SMILES string of the molecule is Cc1nc(N2CCOCC2)sc1C(=O)NNC(=S)NCCc1ccccc1. The second kappa shape index (κ2) is 9.63. The molecule has 0 aliphatic carbocycles. The minimum atomic E-state index is -0.239. The summed E-state index contributed by atoms with van der Waals surface area (Å²) in [6.07, 6.45) is 0.855. The van der Waals surface area contributed by atoms with Crippen molar-refractivity contribution in [2.24, 2.45) is 0 Å². The second-order valence-corrected chi connectivity index (χ2v) is 7.47. The van der Waals surface area contributed by atoms with E-state index in [1.54, 1.807) is 0 Å². The summed E-state index contributed by atoms with van der Waals surface area (Å²) >= 11 is 6.59. The van der Waals surface area contributed by atoms with E-state index >= 15 is 0 Å². The molecule has 1 saturated heterocycles. The summed E-state index contributed by atoms with van der Waals surface area (Å²) in [6.45, 7) is 5.48. The van der Waals surface area contributed by atoms with Crippen molar-refractivity contribution >= 4 is 39.7 Å². The van der Waals surface area contributed by atoms with Crippen LogP contribution in [0, 0.1) is 6.92 Å². The third-order valence-corrected chi connectivity index (χ3v) is 5.57. The number of nitrogens with one attached hydrogen (secondary N) is 3. The van der Waals surface area contributed by atoms with E-state index in [0.717, 1.165) is 24.6 Å². The van der Waals surface area contributed by atoms with Crippen LogP contribution in [0.4, 0.5) is 5.13 Å². The molecule has 7 nitrogen and oxygen atoms in total. The number of nitrogens with zero attached hydrogens (tertiary/aromatic N) is 2. The Bertz CT molecular complexity index is 775. The van der Waals surface area contributed by atoms with Gasteiger partial charge in [0.1, 0.15) is 4.88 Å². The number of anilines is 1. The van der Waals surface area contributed by atoms with Crippen molar-refractivity contribution in [3.63, 3.8) is 0 Å². The number of benzene rings is 1. The van der Waals surface area contributed by atoms with E-state index in [0.29, 0.717) is 35.4 Å². The summed E-state index contributed by atoms with van der Waals surface area (Å²) in [6, 6.07) is 10.1. The molecule has 3 rings (SSSR count). The summed E-state index contributed by atoms with van der Waals surface area (Å²) in [5.74, 6) is -0.239. The largest absolute Gasteiger partial charge is 0.378 e. The molecule has 0 radical (unpaired) electrons. The number of thiocarbonyl (C=S) groups is 1. The van der Waals surface area contributed by atoms with Gasteiger partial charge in [-0.25, -0.2) is 4.98 Å². The van der Waals surface area contributed by atoms with Crippen molar-refractivity contribution in [2.75, 3.05) is 37.7 Å². The summed E-state index contributed by atoms with van der Waals surface area (Å²) in [5, 5.41) is 4.32. The minimum absolute atomic E-state index is 0.239. The first-order chi connectivity index (χ1) is 13.1. The zero-order chi connectivity index (χ0) is 19.1. The molecule has 144 valence electrons. The summed E-state index contributed by atoms with van der Waals surface area (Å²) in [5.41, 5.74) is 7.33. The number of aromatic nitrogens is 1. The van der Waals surface area contributed by atoms with E-state index < -0.39 is 0 Å². The fourth-order valence-corrected chi connectivity index (χ4v) is 3.83. The minimum Gasteiger partial charge on any atom is -0.378 e. The lowest BCUT2D eigenvalue weighted by Gasteiger charge is -2.25. The van der Waals surface area contributed by atoms with Crippen molar-refractivity contribution in [3.05, 3.63) is 46.5 Å². The lowest BCUT2D eigenvalue weighted by atomic mass is 10.1. The van der Waals surface area contributed by atoms with Crippen molar-refractivity contribution in [2.45, 2.75) is 13.3 Å². The first kappa shape index (κ1) is 19.5. The van der Waals surface area contributed by atoms with Gasteiger partial charge in [-0.05, 0) is 31.1 Å². The van der Waals surface area contributed by atoms with Crippen LogP contribution in [-0.2, 0) is 11.2 Å². The molecule has 0 spiro atoms. The second-order valence-electron chi connectivity index (χ2n) is 6.08. The van der Waals surface area contributed by atoms with Gasteiger partial charge in [0.2, 0.25) is 0 Å². The molecule has 2 aromatic rings. The van der Waals surface area contributed by atoms with E-state index in [1.807, 2.05) is 25.1 Å². The van der Waals surface area contributed by atoms with Gasteiger partial charge in [-0.1, -0.05) is 41.7 Å². The smallest absolute Gasteiger partial charge is 0.281 e. The number of amides is 1. The summed E-state index contributed by atoms with van der Waals surface area (Å²) in [7, 11) is 0. The Hall–Kier alpha value is -2.23. The molecule has 0 atom stereocenters. The molecule has 0 saturated carbocycles. The third-order valence-electron chi connectivity index (χ3n) is 4.10. The van der Waals surface area contributed by atoms with Gasteiger partial charge in [0.15, 0.2) is 10.2 Å². The molecule has 9 heteroatoms. The highest BCUT2D eigenvalue weighted by atomic mass is 32.1. The number of rotatable bonds is 5. The fraction of sp³-hybridized carbons (Fsp3) is 0.389. The summed E-state index contributed by atoms with van der Waals surface area (Å²) in [4.78, 5) is 19.7. The molecule has 0 unspecified atom stereocenters. The lowest BCUT2D eigenvalue weighted by molar-refractivity contribution is 0.0947. The van der Waals surface area contributed by atoms with Crippen LogP contribution >= 0.6 is 23.6 Å². The molecular weight excluding hydrogens is 382 g/mol. The normalized spacial score (nSPS) is 13.9. The quantitative estimate of drug-likeness (QED) is 0.516. The van der Waals surface area contributed by atoms with Crippen LogP contribution in [0.25, 0.3) is 0 Å². The highest BCUT2D eigenvalue weighted by Gasteiger charge is 2.20. The Morgan fingerprint density at radius 1 is 1.26 bits per heavy atom. The van der Waals surface area contributed by atoms with Crippen molar-refractivity contribution in [1.82, 2.24) is 21.2 Å². The molecule has 0 bridgehead atoms. The molecule has 2 heterocycles. The van der Waals surface area contributed by atoms with Gasteiger partial charge < -0.3 is 15.0 Å². The lowest BCUT2D eigenvalue weighted by Crippen LogP contribution is -2.47. The monoisotopic (exact) mass is 405 g/mol. The number of carbonyl (C=O) groups excluding carboxylic acids is 1. The molecule has 1 aromatic heterocycles. The van der Waals surface area contributed by atoms with Crippen molar-refractivity contribution in [1.29, 1.82) is 0 Å². The number of morpholine rings is 1. The van der Waals surface area contributed by atoms with E-state index in [2.05, 4.69) is 38.2 Å². The Balaban J connectivity index is 1.44. The van der Waals surface area contributed by atoms with Gasteiger partial charge in [0.25, 0.3) is 5.91 Å². The van der Waals surface area contributed by atoms with E-state index in [9.17, 15) is 4.79 Å². The van der Waals surface area contributed by atoms with E-state index in [1.165, 1.54) is 16.9 Å². The number of ether oxygens (including phenoxy) is 1. The third kappa shape index (κ3) is 5.62. The Kier molecular flexibility index (Phi) is 6.97. The summed E-state index contributed by atoms with van der Waals surface area (Å²) < 4.78 is 5.36. The van der Waals surface area contributed by atoms with Crippen LogP contribution in [0.1, 0.15) is 20.9 Å². The predicted octanol–water partition coefficient (Wildman–Crippen LogP) is 1.64. The highest BCUT2D eigenvalue weighted by molar-refractivity contribution is 7.80. The average Bonchev–Trinajstić information content (AvgIpc) is 3.09. The Morgan fingerprint density at radius 3 is 2.74 bits per heavy atom. The van der Waals surface area contributed by atoms with Crippen molar-refractivity contribution in [3.8, 4) is 0 Å². The first-order valence-electron chi connectivity index (χ1n) is 8.81. The number of aryl methyl sites for hydroxylation is 1. The zero-order valence-corrected chi connectivity index (χ0v) is 16.8.